The summed E-state index contributed by atoms with van der Waals surface area (Å²) in [5.41, 5.74) is 0. The Morgan fingerprint density at radius 1 is 1.36 bits per heavy atom. The Bertz CT molecular complexity index is 202. The van der Waals surface area contributed by atoms with Gasteiger partial charge < -0.3 is 10.4 Å². The van der Waals surface area contributed by atoms with Crippen molar-refractivity contribution in [2.45, 2.75) is 39.7 Å². The fraction of sp³-hybridized carbons (Fsp3) is 0.800. The van der Waals surface area contributed by atoms with Crippen LogP contribution in [0.5, 0.6) is 0 Å². The second kappa shape index (κ2) is 6.54. The largest absolute Gasteiger partial charge is 0.480 e. The lowest BCUT2D eigenvalue weighted by atomic mass is 10.0. The van der Waals surface area contributed by atoms with Gasteiger partial charge in [-0.15, -0.1) is 0 Å². The first-order valence-electron chi connectivity index (χ1n) is 4.98. The Labute approximate surface area is 84.7 Å². The van der Waals surface area contributed by atoms with E-state index in [9.17, 15) is 9.59 Å². The number of Topliss-reactive ketones (excluding diaryl/α,β-unsaturated/α-hetero) is 1. The second-order valence-electron chi connectivity index (χ2n) is 3.61. The van der Waals surface area contributed by atoms with Crippen LogP contribution in [0, 0.1) is 5.92 Å². The molecule has 0 aliphatic rings. The average molecular weight is 201 g/mol. The summed E-state index contributed by atoms with van der Waals surface area (Å²) in [6.07, 6.45) is 0.710. The molecule has 4 nitrogen and oxygen atoms in total. The van der Waals surface area contributed by atoms with E-state index in [1.807, 2.05) is 20.8 Å². The van der Waals surface area contributed by atoms with E-state index < -0.39 is 12.0 Å². The molecule has 1 atom stereocenters. The van der Waals surface area contributed by atoms with Gasteiger partial charge in [0, 0.05) is 12.3 Å². The third-order valence-corrected chi connectivity index (χ3v) is 2.07. The lowest BCUT2D eigenvalue weighted by Gasteiger charge is -2.12. The quantitative estimate of drug-likeness (QED) is 0.646. The van der Waals surface area contributed by atoms with E-state index >= 15 is 0 Å². The minimum Gasteiger partial charge on any atom is -0.480 e. The van der Waals surface area contributed by atoms with Crippen molar-refractivity contribution in [3.63, 3.8) is 0 Å². The van der Waals surface area contributed by atoms with Crippen molar-refractivity contribution in [1.82, 2.24) is 5.32 Å². The van der Waals surface area contributed by atoms with Gasteiger partial charge in [-0.05, 0) is 13.0 Å². The normalized spacial score (nSPS) is 12.9. The highest BCUT2D eigenvalue weighted by Gasteiger charge is 2.18. The van der Waals surface area contributed by atoms with Crippen molar-refractivity contribution in [3.8, 4) is 0 Å². The number of nitrogens with one attached hydrogen (secondary N) is 1. The van der Waals surface area contributed by atoms with Crippen LogP contribution in [-0.2, 0) is 9.59 Å². The highest BCUT2D eigenvalue weighted by Crippen LogP contribution is 2.04. The third kappa shape index (κ3) is 4.97. The van der Waals surface area contributed by atoms with Crippen molar-refractivity contribution in [1.29, 1.82) is 0 Å². The standard InChI is InChI=1S/C10H19NO3/c1-4-11-8(10(13)14)5-6-9(12)7(2)3/h7-8,11H,4-6H2,1-3H3,(H,13,14)/t8-/m0/s1. The van der Waals surface area contributed by atoms with Crippen molar-refractivity contribution in [2.24, 2.45) is 5.92 Å². The summed E-state index contributed by atoms with van der Waals surface area (Å²) in [7, 11) is 0. The molecule has 0 unspecified atom stereocenters. The monoisotopic (exact) mass is 201 g/mol. The van der Waals surface area contributed by atoms with Gasteiger partial charge in [-0.3, -0.25) is 9.59 Å². The predicted octanol–water partition coefficient (Wildman–Crippen LogP) is 1.05. The Morgan fingerprint density at radius 3 is 2.29 bits per heavy atom. The molecule has 4 heteroatoms. The van der Waals surface area contributed by atoms with Crippen molar-refractivity contribution >= 4 is 11.8 Å². The highest BCUT2D eigenvalue weighted by atomic mass is 16.4. The molecule has 0 bridgehead atoms. The Kier molecular flexibility index (Phi) is 6.12. The Balaban J connectivity index is 3.93. The van der Waals surface area contributed by atoms with E-state index in [-0.39, 0.29) is 11.7 Å². The fourth-order valence-electron chi connectivity index (χ4n) is 1.13. The number of carboxylic acid groups (broad SMARTS) is 1. The summed E-state index contributed by atoms with van der Waals surface area (Å²) in [5.74, 6) is -0.774. The molecule has 0 saturated carbocycles. The molecule has 0 amide bonds. The SMILES string of the molecule is CCN[C@@H](CCC(=O)C(C)C)C(=O)O. The zero-order chi connectivity index (χ0) is 11.1. The smallest absolute Gasteiger partial charge is 0.320 e. The fourth-order valence-corrected chi connectivity index (χ4v) is 1.13. The summed E-state index contributed by atoms with van der Waals surface area (Å²) in [5, 5.41) is 11.6. The number of carbonyl (C=O) groups is 2. The van der Waals surface area contributed by atoms with Crippen molar-refractivity contribution in [2.75, 3.05) is 6.54 Å². The molecule has 0 radical (unpaired) electrons. The highest BCUT2D eigenvalue weighted by molar-refractivity contribution is 5.81. The first kappa shape index (κ1) is 13.1. The van der Waals surface area contributed by atoms with E-state index in [2.05, 4.69) is 5.32 Å². The summed E-state index contributed by atoms with van der Waals surface area (Å²) in [6, 6.07) is -0.595. The van der Waals surface area contributed by atoms with Crippen LogP contribution in [0.3, 0.4) is 0 Å². The van der Waals surface area contributed by atoms with E-state index in [0.29, 0.717) is 19.4 Å². The lowest BCUT2D eigenvalue weighted by Crippen LogP contribution is -2.37. The maximum absolute atomic E-state index is 11.3. The van der Waals surface area contributed by atoms with Crippen LogP contribution in [0.15, 0.2) is 0 Å². The van der Waals surface area contributed by atoms with Gasteiger partial charge in [-0.2, -0.15) is 0 Å². The second-order valence-corrected chi connectivity index (χ2v) is 3.61. The third-order valence-electron chi connectivity index (χ3n) is 2.07. The van der Waals surface area contributed by atoms with Crippen LogP contribution in [0.2, 0.25) is 0 Å². The maximum atomic E-state index is 11.3. The number of likely N-dealkylation sites (N-methyl/N-ethyl adjacent to an activating group) is 1. The van der Waals surface area contributed by atoms with E-state index in [1.165, 1.54) is 0 Å². The molecular weight excluding hydrogens is 182 g/mol. The van der Waals surface area contributed by atoms with Gasteiger partial charge in [0.25, 0.3) is 0 Å². The zero-order valence-corrected chi connectivity index (χ0v) is 9.04. The van der Waals surface area contributed by atoms with E-state index in [1.54, 1.807) is 0 Å². The van der Waals surface area contributed by atoms with Crippen LogP contribution in [0.25, 0.3) is 0 Å². The summed E-state index contributed by atoms with van der Waals surface area (Å²) in [6.45, 7) is 6.10. The van der Waals surface area contributed by atoms with Crippen molar-refractivity contribution < 1.29 is 14.7 Å². The first-order valence-corrected chi connectivity index (χ1v) is 4.98. The molecule has 0 heterocycles. The number of carbonyl (C=O) groups excluding carboxylic acids is 1. The van der Waals surface area contributed by atoms with Gasteiger partial charge in [0.15, 0.2) is 0 Å². The predicted molar refractivity (Wildman–Crippen MR) is 54.2 cm³/mol. The molecule has 0 aromatic carbocycles. The maximum Gasteiger partial charge on any atom is 0.320 e. The van der Waals surface area contributed by atoms with Gasteiger partial charge in [-0.25, -0.2) is 0 Å². The molecule has 0 rings (SSSR count). The van der Waals surface area contributed by atoms with Gasteiger partial charge in [0.2, 0.25) is 0 Å². The molecule has 82 valence electrons. The number of aliphatic carboxylic acids is 1. The van der Waals surface area contributed by atoms with Crippen LogP contribution >= 0.6 is 0 Å². The first-order chi connectivity index (χ1) is 6.49. The Hall–Kier alpha value is -0.900. The van der Waals surface area contributed by atoms with Gasteiger partial charge in [0.1, 0.15) is 11.8 Å². The topological polar surface area (TPSA) is 66.4 Å². The molecule has 0 aromatic heterocycles. The number of rotatable bonds is 7. The molecular formula is C10H19NO3. The summed E-state index contributed by atoms with van der Waals surface area (Å²) < 4.78 is 0. The van der Waals surface area contributed by atoms with E-state index in [0.717, 1.165) is 0 Å². The van der Waals surface area contributed by atoms with Crippen LogP contribution in [0.1, 0.15) is 33.6 Å². The van der Waals surface area contributed by atoms with Crippen molar-refractivity contribution in [3.05, 3.63) is 0 Å². The lowest BCUT2D eigenvalue weighted by molar-refractivity contribution is -0.139. The molecule has 0 aromatic rings. The zero-order valence-electron chi connectivity index (χ0n) is 9.04. The number of carboxylic acids is 1. The number of hydrogen-bond donors (Lipinski definition) is 2. The molecule has 0 saturated heterocycles. The number of hydrogen-bond acceptors (Lipinski definition) is 3. The molecule has 0 fully saturated rings. The van der Waals surface area contributed by atoms with Gasteiger partial charge >= 0.3 is 5.97 Å². The minimum absolute atomic E-state index is 0.00827. The van der Waals surface area contributed by atoms with Gasteiger partial charge in [-0.1, -0.05) is 20.8 Å². The minimum atomic E-state index is -0.886. The molecule has 2 N–H and O–H groups in total. The van der Waals surface area contributed by atoms with E-state index in [4.69, 9.17) is 5.11 Å². The average Bonchev–Trinajstić information content (AvgIpc) is 2.10. The van der Waals surface area contributed by atoms with Gasteiger partial charge in [0.05, 0.1) is 0 Å². The van der Waals surface area contributed by atoms with Crippen LogP contribution < -0.4 is 5.32 Å². The molecule has 0 spiro atoms. The summed E-state index contributed by atoms with van der Waals surface area (Å²) in [4.78, 5) is 22.0. The van der Waals surface area contributed by atoms with Crippen LogP contribution in [0.4, 0.5) is 0 Å². The molecule has 0 aliphatic carbocycles. The Morgan fingerprint density at radius 2 is 1.93 bits per heavy atom. The number of ketones is 1. The summed E-state index contributed by atoms with van der Waals surface area (Å²) >= 11 is 0. The molecule has 14 heavy (non-hydrogen) atoms. The van der Waals surface area contributed by atoms with Crippen LogP contribution in [-0.4, -0.2) is 29.4 Å². The molecule has 0 aliphatic heterocycles.